The van der Waals surface area contributed by atoms with Crippen LogP contribution in [0, 0.1) is 0 Å². The lowest BCUT2D eigenvalue weighted by Gasteiger charge is -2.29. The number of ether oxygens (including phenoxy) is 3. The molecule has 0 aromatic rings. The first-order valence-electron chi connectivity index (χ1n) is 4.90. The van der Waals surface area contributed by atoms with E-state index in [9.17, 15) is 4.57 Å². The summed E-state index contributed by atoms with van der Waals surface area (Å²) in [4.78, 5) is 17.7. The molecule has 0 saturated carbocycles. The average Bonchev–Trinajstić information content (AvgIpc) is 2.54. The predicted octanol–water partition coefficient (Wildman–Crippen LogP) is -0.333. The summed E-state index contributed by atoms with van der Waals surface area (Å²) in [5.74, 6) is 0. The van der Waals surface area contributed by atoms with Crippen LogP contribution in [0.25, 0.3) is 0 Å². The summed E-state index contributed by atoms with van der Waals surface area (Å²) >= 11 is 0. The highest BCUT2D eigenvalue weighted by Gasteiger charge is 2.62. The van der Waals surface area contributed by atoms with Gasteiger partial charge in [0.1, 0.15) is 17.8 Å². The molecule has 8 heteroatoms. The van der Waals surface area contributed by atoms with Gasteiger partial charge in [-0.3, -0.25) is 4.52 Å². The summed E-state index contributed by atoms with van der Waals surface area (Å²) in [7, 11) is -3.07. The van der Waals surface area contributed by atoms with E-state index in [1.807, 2.05) is 0 Å². The monoisotopic (exact) mass is 254 g/mol. The Morgan fingerprint density at radius 3 is 2.75 bits per heavy atom. The zero-order valence-corrected chi connectivity index (χ0v) is 9.92. The first kappa shape index (κ1) is 12.4. The van der Waals surface area contributed by atoms with Gasteiger partial charge in [-0.2, -0.15) is 0 Å². The summed E-state index contributed by atoms with van der Waals surface area (Å²) in [6.07, 6.45) is -1.51. The molecule has 0 aromatic heterocycles. The van der Waals surface area contributed by atoms with Gasteiger partial charge in [-0.25, -0.2) is 4.57 Å². The first-order valence-corrected chi connectivity index (χ1v) is 6.43. The van der Waals surface area contributed by atoms with Gasteiger partial charge in [0.25, 0.3) is 0 Å². The number of methoxy groups -OCH3 is 1. The molecule has 2 saturated heterocycles. The van der Waals surface area contributed by atoms with Crippen LogP contribution >= 0.6 is 7.82 Å². The molecule has 0 radical (unpaired) electrons. The van der Waals surface area contributed by atoms with E-state index < -0.39 is 25.6 Å². The third-order valence-corrected chi connectivity index (χ3v) is 3.36. The van der Waals surface area contributed by atoms with Crippen LogP contribution in [0.4, 0.5) is 0 Å². The molecular weight excluding hydrogens is 239 g/mol. The molecule has 2 bridgehead atoms. The van der Waals surface area contributed by atoms with Crippen LogP contribution in [-0.4, -0.2) is 54.0 Å². The van der Waals surface area contributed by atoms with Crippen molar-refractivity contribution in [3.8, 4) is 0 Å². The highest BCUT2D eigenvalue weighted by atomic mass is 31.2. The van der Waals surface area contributed by atoms with E-state index in [1.165, 1.54) is 7.11 Å². The van der Waals surface area contributed by atoms with Crippen molar-refractivity contribution in [3.63, 3.8) is 0 Å². The predicted molar refractivity (Wildman–Crippen MR) is 51.8 cm³/mol. The van der Waals surface area contributed by atoms with Gasteiger partial charge in [0.2, 0.25) is 0 Å². The van der Waals surface area contributed by atoms with E-state index in [1.54, 1.807) is 6.92 Å². The zero-order valence-electron chi connectivity index (χ0n) is 9.03. The Bertz CT molecular complexity index is 316. The van der Waals surface area contributed by atoms with E-state index in [2.05, 4.69) is 0 Å². The van der Waals surface area contributed by atoms with Crippen LogP contribution in [0.1, 0.15) is 6.92 Å². The highest BCUT2D eigenvalue weighted by molar-refractivity contribution is 7.46. The summed E-state index contributed by atoms with van der Waals surface area (Å²) < 4.78 is 31.7. The van der Waals surface area contributed by atoms with Gasteiger partial charge < -0.3 is 24.0 Å². The largest absolute Gasteiger partial charge is 0.470 e. The minimum Gasteiger partial charge on any atom is -0.381 e. The normalized spacial score (nSPS) is 42.9. The van der Waals surface area contributed by atoms with Crippen molar-refractivity contribution in [1.82, 2.24) is 0 Å². The molecule has 2 heterocycles. The van der Waals surface area contributed by atoms with Gasteiger partial charge in [-0.1, -0.05) is 0 Å². The number of hydrogen-bond acceptors (Lipinski definition) is 5. The lowest BCUT2D eigenvalue weighted by molar-refractivity contribution is -0.159. The maximum absolute atomic E-state index is 10.9. The van der Waals surface area contributed by atoms with E-state index in [0.717, 1.165) is 0 Å². The Morgan fingerprint density at radius 2 is 2.25 bits per heavy atom. The number of hydrogen-bond donors (Lipinski definition) is 2. The molecule has 7 nitrogen and oxygen atoms in total. The summed E-state index contributed by atoms with van der Waals surface area (Å²) in [6, 6.07) is 0. The molecule has 4 unspecified atom stereocenters. The molecule has 94 valence electrons. The van der Waals surface area contributed by atoms with Crippen LogP contribution in [-0.2, 0) is 23.3 Å². The number of phosphoric ester groups is 1. The van der Waals surface area contributed by atoms with Gasteiger partial charge in [-0.05, 0) is 6.92 Å². The molecule has 0 aromatic carbocycles. The quantitative estimate of drug-likeness (QED) is 0.663. The standard InChI is InChI=1S/C8H15O7P/c1-5-6-7(15-16(9,10)11)8(14-5,3-12-2)4-13-6/h5-7H,3-4H2,1-2H3,(H2,9,10,11). The Hall–Kier alpha value is -0.0100. The summed E-state index contributed by atoms with van der Waals surface area (Å²) in [5.41, 5.74) is -0.903. The van der Waals surface area contributed by atoms with Crippen molar-refractivity contribution in [2.75, 3.05) is 20.3 Å². The Labute approximate surface area is 92.9 Å². The van der Waals surface area contributed by atoms with Crippen LogP contribution in [0.2, 0.25) is 0 Å². The van der Waals surface area contributed by atoms with Gasteiger partial charge >= 0.3 is 7.82 Å². The molecule has 2 aliphatic rings. The molecular formula is C8H15O7P. The molecule has 0 aliphatic carbocycles. The van der Waals surface area contributed by atoms with E-state index in [0.29, 0.717) is 0 Å². The van der Waals surface area contributed by atoms with Crippen LogP contribution in [0.15, 0.2) is 0 Å². The van der Waals surface area contributed by atoms with Crippen LogP contribution in [0.5, 0.6) is 0 Å². The Balaban J connectivity index is 2.19. The SMILES string of the molecule is COCC12COC(C(C)O1)C2OP(=O)(O)O. The highest BCUT2D eigenvalue weighted by Crippen LogP contribution is 2.49. The van der Waals surface area contributed by atoms with Crippen LogP contribution < -0.4 is 0 Å². The number of rotatable bonds is 4. The van der Waals surface area contributed by atoms with E-state index >= 15 is 0 Å². The lowest BCUT2D eigenvalue weighted by atomic mass is 10.00. The summed E-state index contributed by atoms with van der Waals surface area (Å²) in [6.45, 7) is 2.18. The first-order chi connectivity index (χ1) is 7.38. The van der Waals surface area contributed by atoms with E-state index in [4.69, 9.17) is 28.5 Å². The number of phosphoric acid groups is 1. The second-order valence-electron chi connectivity index (χ2n) is 4.11. The Morgan fingerprint density at radius 1 is 1.56 bits per heavy atom. The van der Waals surface area contributed by atoms with Gasteiger partial charge in [-0.15, -0.1) is 0 Å². The maximum Gasteiger partial charge on any atom is 0.470 e. The smallest absolute Gasteiger partial charge is 0.381 e. The fourth-order valence-electron chi connectivity index (χ4n) is 2.33. The topological polar surface area (TPSA) is 94.5 Å². The third-order valence-electron chi connectivity index (χ3n) is 2.86. The van der Waals surface area contributed by atoms with Crippen molar-refractivity contribution >= 4 is 7.82 Å². The third kappa shape index (κ3) is 2.04. The van der Waals surface area contributed by atoms with Crippen molar-refractivity contribution in [2.45, 2.75) is 30.8 Å². The van der Waals surface area contributed by atoms with Gasteiger partial charge in [0.15, 0.2) is 0 Å². The molecule has 16 heavy (non-hydrogen) atoms. The Kier molecular flexibility index (Phi) is 3.13. The summed E-state index contributed by atoms with van der Waals surface area (Å²) in [5, 5.41) is 0. The van der Waals surface area contributed by atoms with Gasteiger partial charge in [0, 0.05) is 7.11 Å². The van der Waals surface area contributed by atoms with Crippen molar-refractivity contribution in [2.24, 2.45) is 0 Å². The molecule has 2 rings (SSSR count). The maximum atomic E-state index is 10.9. The van der Waals surface area contributed by atoms with Crippen LogP contribution in [0.3, 0.4) is 0 Å². The van der Waals surface area contributed by atoms with E-state index in [-0.39, 0.29) is 19.3 Å². The minimum absolute atomic E-state index is 0.179. The van der Waals surface area contributed by atoms with Crippen molar-refractivity contribution < 1.29 is 33.1 Å². The lowest BCUT2D eigenvalue weighted by Crippen LogP contribution is -2.45. The fraction of sp³-hybridized carbons (Fsp3) is 1.00. The van der Waals surface area contributed by atoms with Gasteiger partial charge in [0.05, 0.1) is 19.3 Å². The average molecular weight is 254 g/mol. The number of fused-ring (bicyclic) bond motifs is 2. The second-order valence-corrected chi connectivity index (χ2v) is 5.30. The molecule has 4 atom stereocenters. The fourth-order valence-corrected chi connectivity index (χ4v) is 2.94. The molecule has 0 amide bonds. The second kappa shape index (κ2) is 4.03. The molecule has 0 spiro atoms. The molecule has 2 N–H and O–H groups in total. The van der Waals surface area contributed by atoms with Crippen molar-refractivity contribution in [3.05, 3.63) is 0 Å². The minimum atomic E-state index is -4.56. The molecule has 2 fully saturated rings. The molecule has 2 aliphatic heterocycles. The van der Waals surface area contributed by atoms with Crippen molar-refractivity contribution in [1.29, 1.82) is 0 Å². The zero-order chi connectivity index (χ0) is 12.0.